The first-order valence-electron chi connectivity index (χ1n) is 5.23. The third-order valence-electron chi connectivity index (χ3n) is 2.39. The van der Waals surface area contributed by atoms with E-state index in [9.17, 15) is 4.79 Å². The molecule has 0 aliphatic heterocycles. The summed E-state index contributed by atoms with van der Waals surface area (Å²) < 4.78 is 4.67. The van der Waals surface area contributed by atoms with E-state index in [1.807, 2.05) is 20.8 Å². The SMILES string of the molecule is COC(=O)[C@H](C)NC(C)c1sc(C)nc1C. The number of carbonyl (C=O) groups is 1. The Hall–Kier alpha value is -0.940. The molecule has 0 aromatic carbocycles. The second-order valence-corrected chi connectivity index (χ2v) is 5.05. The van der Waals surface area contributed by atoms with Crippen LogP contribution in [0, 0.1) is 13.8 Å². The van der Waals surface area contributed by atoms with Crippen LogP contribution in [-0.2, 0) is 9.53 Å². The lowest BCUT2D eigenvalue weighted by Crippen LogP contribution is -2.36. The topological polar surface area (TPSA) is 51.2 Å². The van der Waals surface area contributed by atoms with Crippen LogP contribution in [0.25, 0.3) is 0 Å². The first kappa shape index (κ1) is 13.1. The van der Waals surface area contributed by atoms with Gasteiger partial charge in [0.25, 0.3) is 0 Å². The zero-order chi connectivity index (χ0) is 12.3. The molecular formula is C11H18N2O2S. The van der Waals surface area contributed by atoms with Crippen molar-refractivity contribution in [3.05, 3.63) is 15.6 Å². The molecular weight excluding hydrogens is 224 g/mol. The van der Waals surface area contributed by atoms with Gasteiger partial charge in [0, 0.05) is 10.9 Å². The van der Waals surface area contributed by atoms with E-state index in [4.69, 9.17) is 0 Å². The average molecular weight is 242 g/mol. The van der Waals surface area contributed by atoms with Gasteiger partial charge >= 0.3 is 5.97 Å². The largest absolute Gasteiger partial charge is 0.468 e. The van der Waals surface area contributed by atoms with Crippen molar-refractivity contribution < 1.29 is 9.53 Å². The number of thiazole rings is 1. The lowest BCUT2D eigenvalue weighted by Gasteiger charge is -2.17. The minimum atomic E-state index is -0.304. The number of nitrogens with zero attached hydrogens (tertiary/aromatic N) is 1. The molecule has 90 valence electrons. The van der Waals surface area contributed by atoms with Gasteiger partial charge in [0.2, 0.25) is 0 Å². The summed E-state index contributed by atoms with van der Waals surface area (Å²) in [5, 5.41) is 4.24. The van der Waals surface area contributed by atoms with Crippen LogP contribution in [0.5, 0.6) is 0 Å². The third kappa shape index (κ3) is 3.02. The monoisotopic (exact) mass is 242 g/mol. The third-order valence-corrected chi connectivity index (χ3v) is 3.64. The van der Waals surface area contributed by atoms with Gasteiger partial charge in [0.05, 0.1) is 17.8 Å². The highest BCUT2D eigenvalue weighted by molar-refractivity contribution is 7.11. The van der Waals surface area contributed by atoms with E-state index in [-0.39, 0.29) is 18.1 Å². The molecule has 1 aromatic rings. The van der Waals surface area contributed by atoms with Gasteiger partial charge in [0.1, 0.15) is 6.04 Å². The summed E-state index contributed by atoms with van der Waals surface area (Å²) in [6.45, 7) is 7.79. The van der Waals surface area contributed by atoms with Crippen LogP contribution in [-0.4, -0.2) is 24.1 Å². The molecule has 0 aliphatic carbocycles. The van der Waals surface area contributed by atoms with Crippen molar-refractivity contribution in [1.29, 1.82) is 0 Å². The highest BCUT2D eigenvalue weighted by Crippen LogP contribution is 2.24. The fraction of sp³-hybridized carbons (Fsp3) is 0.636. The number of ether oxygens (including phenoxy) is 1. The number of methoxy groups -OCH3 is 1. The summed E-state index contributed by atoms with van der Waals surface area (Å²) in [5.74, 6) is -0.245. The van der Waals surface area contributed by atoms with Gasteiger partial charge in [-0.05, 0) is 27.7 Å². The van der Waals surface area contributed by atoms with Crippen molar-refractivity contribution in [3.8, 4) is 0 Å². The molecule has 0 saturated carbocycles. The number of aryl methyl sites for hydroxylation is 2. The molecule has 0 saturated heterocycles. The first-order chi connectivity index (χ1) is 7.45. The molecule has 1 heterocycles. The fourth-order valence-corrected chi connectivity index (χ4v) is 2.58. The number of carbonyl (C=O) groups excluding carboxylic acids is 1. The molecule has 16 heavy (non-hydrogen) atoms. The Labute approximate surface area is 100 Å². The van der Waals surface area contributed by atoms with Crippen molar-refractivity contribution in [2.75, 3.05) is 7.11 Å². The molecule has 1 N–H and O–H groups in total. The quantitative estimate of drug-likeness (QED) is 0.820. The van der Waals surface area contributed by atoms with Crippen LogP contribution in [0.1, 0.15) is 35.5 Å². The van der Waals surface area contributed by atoms with E-state index in [1.54, 1.807) is 18.3 Å². The van der Waals surface area contributed by atoms with Gasteiger partial charge in [-0.2, -0.15) is 0 Å². The molecule has 4 nitrogen and oxygen atoms in total. The first-order valence-corrected chi connectivity index (χ1v) is 6.05. The molecule has 1 aromatic heterocycles. The van der Waals surface area contributed by atoms with Gasteiger partial charge in [-0.25, -0.2) is 4.98 Å². The van der Waals surface area contributed by atoms with Crippen LogP contribution in [0.2, 0.25) is 0 Å². The zero-order valence-electron chi connectivity index (χ0n) is 10.3. The molecule has 1 unspecified atom stereocenters. The van der Waals surface area contributed by atoms with Crippen molar-refractivity contribution in [3.63, 3.8) is 0 Å². The summed E-state index contributed by atoms with van der Waals surface area (Å²) in [4.78, 5) is 16.8. The van der Waals surface area contributed by atoms with Crippen LogP contribution in [0.3, 0.4) is 0 Å². The smallest absolute Gasteiger partial charge is 0.322 e. The average Bonchev–Trinajstić information content (AvgIpc) is 2.56. The predicted octanol–water partition coefficient (Wildman–Crippen LogP) is 1.97. The Kier molecular flexibility index (Phi) is 4.44. The molecule has 0 radical (unpaired) electrons. The van der Waals surface area contributed by atoms with E-state index >= 15 is 0 Å². The fourth-order valence-electron chi connectivity index (χ4n) is 1.64. The van der Waals surface area contributed by atoms with E-state index in [1.165, 1.54) is 12.0 Å². The zero-order valence-corrected chi connectivity index (χ0v) is 11.1. The molecule has 0 amide bonds. The Morgan fingerprint density at radius 2 is 2.06 bits per heavy atom. The van der Waals surface area contributed by atoms with Crippen molar-refractivity contribution >= 4 is 17.3 Å². The Balaban J connectivity index is 2.68. The maximum absolute atomic E-state index is 11.3. The summed E-state index contributed by atoms with van der Waals surface area (Å²) in [5.41, 5.74) is 1.03. The Morgan fingerprint density at radius 3 is 2.50 bits per heavy atom. The molecule has 0 aliphatic rings. The lowest BCUT2D eigenvalue weighted by atomic mass is 10.2. The summed E-state index contributed by atoms with van der Waals surface area (Å²) in [6.07, 6.45) is 0. The standard InChI is InChI=1S/C11H18N2O2S/c1-6(12-8(3)11(14)15-5)10-7(2)13-9(4)16-10/h6,8,12H,1-5H3/t6?,8-/m0/s1. The number of hydrogen-bond acceptors (Lipinski definition) is 5. The number of hydrogen-bond donors (Lipinski definition) is 1. The van der Waals surface area contributed by atoms with Crippen LogP contribution in [0.15, 0.2) is 0 Å². The maximum atomic E-state index is 11.3. The second-order valence-electron chi connectivity index (χ2n) is 3.82. The molecule has 1 rings (SSSR count). The number of nitrogens with one attached hydrogen (secondary N) is 1. The van der Waals surface area contributed by atoms with E-state index in [0.29, 0.717) is 0 Å². The Morgan fingerprint density at radius 1 is 1.44 bits per heavy atom. The molecule has 5 heteroatoms. The molecule has 0 bridgehead atoms. The van der Waals surface area contributed by atoms with Crippen molar-refractivity contribution in [2.45, 2.75) is 39.8 Å². The summed E-state index contributed by atoms with van der Waals surface area (Å²) >= 11 is 1.66. The van der Waals surface area contributed by atoms with E-state index in [2.05, 4.69) is 15.0 Å². The van der Waals surface area contributed by atoms with Gasteiger partial charge in [-0.1, -0.05) is 0 Å². The number of aromatic nitrogens is 1. The van der Waals surface area contributed by atoms with Crippen LogP contribution >= 0.6 is 11.3 Å². The highest BCUT2D eigenvalue weighted by Gasteiger charge is 2.19. The van der Waals surface area contributed by atoms with Gasteiger partial charge in [-0.15, -0.1) is 11.3 Å². The van der Waals surface area contributed by atoms with Crippen LogP contribution in [0.4, 0.5) is 0 Å². The van der Waals surface area contributed by atoms with Crippen molar-refractivity contribution in [1.82, 2.24) is 10.3 Å². The normalized spacial score (nSPS) is 14.6. The van der Waals surface area contributed by atoms with Crippen molar-refractivity contribution in [2.24, 2.45) is 0 Å². The van der Waals surface area contributed by atoms with Gasteiger partial charge in [0.15, 0.2) is 0 Å². The summed E-state index contributed by atoms with van der Waals surface area (Å²) in [6, 6.07) is -0.192. The van der Waals surface area contributed by atoms with Gasteiger partial charge < -0.3 is 4.74 Å². The predicted molar refractivity (Wildman–Crippen MR) is 64.6 cm³/mol. The van der Waals surface area contributed by atoms with Crippen LogP contribution < -0.4 is 5.32 Å². The summed E-state index contributed by atoms with van der Waals surface area (Å²) in [7, 11) is 1.40. The van der Waals surface area contributed by atoms with E-state index in [0.717, 1.165) is 10.7 Å². The maximum Gasteiger partial charge on any atom is 0.322 e. The van der Waals surface area contributed by atoms with E-state index < -0.39 is 0 Å². The highest BCUT2D eigenvalue weighted by atomic mass is 32.1. The second kappa shape index (κ2) is 5.41. The minimum absolute atomic E-state index is 0.111. The minimum Gasteiger partial charge on any atom is -0.468 e. The number of rotatable bonds is 4. The molecule has 0 spiro atoms. The molecule has 0 fully saturated rings. The van der Waals surface area contributed by atoms with Gasteiger partial charge in [-0.3, -0.25) is 10.1 Å². The number of esters is 1. The molecule has 2 atom stereocenters. The lowest BCUT2D eigenvalue weighted by molar-refractivity contribution is -0.142. The Bertz CT molecular complexity index is 376.